The summed E-state index contributed by atoms with van der Waals surface area (Å²) < 4.78 is 16.5. The second kappa shape index (κ2) is 4.75. The van der Waals surface area contributed by atoms with Crippen LogP contribution < -0.4 is 5.30 Å². The van der Waals surface area contributed by atoms with E-state index in [9.17, 15) is 14.7 Å². The summed E-state index contributed by atoms with van der Waals surface area (Å²) in [5, 5.41) is 10.6. The van der Waals surface area contributed by atoms with Gasteiger partial charge in [-0.25, -0.2) is 0 Å². The van der Waals surface area contributed by atoms with E-state index in [0.717, 1.165) is 0 Å². The molecule has 0 aromatic heterocycles. The van der Waals surface area contributed by atoms with Gasteiger partial charge in [-0.05, 0) is 30.3 Å². The molecule has 0 aliphatic carbocycles. The van der Waals surface area contributed by atoms with E-state index >= 15 is 0 Å². The highest BCUT2D eigenvalue weighted by molar-refractivity contribution is 7.91. The number of benzene rings is 1. The highest BCUT2D eigenvalue weighted by atomic mass is 35.7. The summed E-state index contributed by atoms with van der Waals surface area (Å²) in [6.45, 7) is -1.46. The van der Waals surface area contributed by atoms with Gasteiger partial charge in [0.05, 0.1) is 16.8 Å². The van der Waals surface area contributed by atoms with Gasteiger partial charge in [0.2, 0.25) is 0 Å². The van der Waals surface area contributed by atoms with Crippen LogP contribution in [0.2, 0.25) is 0 Å². The van der Waals surface area contributed by atoms with Crippen LogP contribution in [0.4, 0.5) is 5.69 Å². The summed E-state index contributed by atoms with van der Waals surface area (Å²) in [5.74, 6) is 0. The number of hydrogen-bond donors (Lipinski definition) is 0. The van der Waals surface area contributed by atoms with Crippen LogP contribution in [0.25, 0.3) is 0 Å². The molecule has 0 amide bonds. The van der Waals surface area contributed by atoms with E-state index in [1.165, 1.54) is 24.3 Å². The molecule has 1 aromatic rings. The largest absolute Gasteiger partial charge is 0.319 e. The molecule has 0 saturated heterocycles. The molecule has 1 atom stereocenters. The van der Waals surface area contributed by atoms with Crippen LogP contribution in [0.3, 0.4) is 0 Å². The van der Waals surface area contributed by atoms with E-state index < -0.39 is 11.6 Å². The molecule has 1 aromatic carbocycles. The Morgan fingerprint density at radius 3 is 2.40 bits per heavy atom. The number of halogens is 1. The zero-order chi connectivity index (χ0) is 11.5. The predicted molar refractivity (Wildman–Crippen MR) is 57.8 cm³/mol. The lowest BCUT2D eigenvalue weighted by molar-refractivity contribution is -0.384. The highest BCUT2D eigenvalue weighted by Crippen LogP contribution is 2.50. The number of rotatable bonds is 4. The summed E-state index contributed by atoms with van der Waals surface area (Å²) in [4.78, 5) is 9.82. The van der Waals surface area contributed by atoms with Crippen molar-refractivity contribution in [3.05, 3.63) is 34.4 Å². The first kappa shape index (κ1) is 12.2. The third-order valence-electron chi connectivity index (χ3n) is 1.66. The van der Waals surface area contributed by atoms with Gasteiger partial charge in [-0.3, -0.25) is 14.7 Å². The molecule has 82 valence electrons. The molecule has 0 aliphatic heterocycles. The number of nitro benzene ring substituents is 1. The summed E-state index contributed by atoms with van der Waals surface area (Å²) >= 11 is 5.66. The average Bonchev–Trinajstić information content (AvgIpc) is 2.18. The first-order valence-corrected chi connectivity index (χ1v) is 6.69. The van der Waals surface area contributed by atoms with E-state index in [2.05, 4.69) is 0 Å². The van der Waals surface area contributed by atoms with Crippen molar-refractivity contribution in [2.45, 2.75) is 6.92 Å². The van der Waals surface area contributed by atoms with Crippen LogP contribution in [0, 0.1) is 10.1 Å². The van der Waals surface area contributed by atoms with Crippen molar-refractivity contribution in [2.24, 2.45) is 0 Å². The molecular formula is C8H9ClNO4P. The molecule has 0 N–H and O–H groups in total. The van der Waals surface area contributed by atoms with Gasteiger partial charge in [-0.2, -0.15) is 0 Å². The summed E-state index contributed by atoms with van der Waals surface area (Å²) in [6.07, 6.45) is 0. The molecule has 0 heterocycles. The van der Waals surface area contributed by atoms with Gasteiger partial charge in [-0.15, -0.1) is 0 Å². The summed E-state index contributed by atoms with van der Waals surface area (Å²) in [7, 11) is 0. The van der Waals surface area contributed by atoms with Crippen LogP contribution in [0.1, 0.15) is 6.92 Å². The fraction of sp³-hybridized carbons (Fsp3) is 0.250. The SMILES string of the molecule is CCOP(=O)(Cl)c1ccc([N+](=O)[O-])cc1. The van der Waals surface area contributed by atoms with E-state index in [1.54, 1.807) is 6.92 Å². The quantitative estimate of drug-likeness (QED) is 0.467. The Labute approximate surface area is 91.4 Å². The Kier molecular flexibility index (Phi) is 3.85. The molecule has 0 aliphatic rings. The Hall–Kier alpha value is -0.900. The van der Waals surface area contributed by atoms with Crippen molar-refractivity contribution in [3.8, 4) is 0 Å². The zero-order valence-corrected chi connectivity index (χ0v) is 9.57. The first-order valence-electron chi connectivity index (χ1n) is 4.16. The summed E-state index contributed by atoms with van der Waals surface area (Å²) in [6, 6.07) is 5.15. The van der Waals surface area contributed by atoms with Crippen molar-refractivity contribution >= 4 is 29.0 Å². The Morgan fingerprint density at radius 1 is 1.47 bits per heavy atom. The standard InChI is InChI=1S/C8H9ClNO4P/c1-2-14-15(9,13)8-5-3-7(4-6-8)10(11)12/h3-6H,2H2,1H3. The van der Waals surface area contributed by atoms with E-state index in [-0.39, 0.29) is 17.6 Å². The second-order valence-corrected chi connectivity index (χ2v) is 5.74. The molecule has 0 bridgehead atoms. The fourth-order valence-corrected chi connectivity index (χ4v) is 2.61. The van der Waals surface area contributed by atoms with E-state index in [0.29, 0.717) is 0 Å². The van der Waals surface area contributed by atoms with Crippen LogP contribution in [0.5, 0.6) is 0 Å². The molecular weight excluding hydrogens is 241 g/mol. The van der Waals surface area contributed by atoms with Crippen LogP contribution >= 0.6 is 18.0 Å². The summed E-state index contributed by atoms with van der Waals surface area (Å²) in [5.41, 5.74) is -0.0769. The normalized spacial score (nSPS) is 14.5. The molecule has 0 saturated carbocycles. The predicted octanol–water partition coefficient (Wildman–Crippen LogP) is 2.69. The molecule has 1 unspecified atom stereocenters. The van der Waals surface area contributed by atoms with Crippen LogP contribution in [-0.4, -0.2) is 11.5 Å². The maximum Gasteiger partial charge on any atom is 0.319 e. The van der Waals surface area contributed by atoms with Gasteiger partial charge in [0.25, 0.3) is 5.69 Å². The van der Waals surface area contributed by atoms with Crippen molar-refractivity contribution in [1.82, 2.24) is 0 Å². The molecule has 0 spiro atoms. The van der Waals surface area contributed by atoms with Gasteiger partial charge in [-0.1, -0.05) is 0 Å². The Bertz CT molecular complexity index is 406. The second-order valence-electron chi connectivity index (χ2n) is 2.67. The third-order valence-corrected chi connectivity index (χ3v) is 4.05. The van der Waals surface area contributed by atoms with Crippen LogP contribution in [-0.2, 0) is 9.09 Å². The molecule has 7 heteroatoms. The van der Waals surface area contributed by atoms with Crippen LogP contribution in [0.15, 0.2) is 24.3 Å². The lowest BCUT2D eigenvalue weighted by Crippen LogP contribution is -2.03. The Balaban J connectivity index is 2.98. The average molecular weight is 250 g/mol. The topological polar surface area (TPSA) is 69.4 Å². The molecule has 1 rings (SSSR count). The van der Waals surface area contributed by atoms with Crippen molar-refractivity contribution in [2.75, 3.05) is 6.61 Å². The maximum absolute atomic E-state index is 11.7. The minimum absolute atomic E-state index is 0.0769. The number of nitro groups is 1. The lowest BCUT2D eigenvalue weighted by atomic mass is 10.3. The monoisotopic (exact) mass is 249 g/mol. The third kappa shape index (κ3) is 3.02. The highest BCUT2D eigenvalue weighted by Gasteiger charge is 2.22. The van der Waals surface area contributed by atoms with Gasteiger partial charge in [0.15, 0.2) is 0 Å². The minimum Gasteiger partial charge on any atom is -0.315 e. The first-order chi connectivity index (χ1) is 6.97. The minimum atomic E-state index is -3.35. The number of nitrogens with zero attached hydrogens (tertiary/aromatic N) is 1. The van der Waals surface area contributed by atoms with Gasteiger partial charge >= 0.3 is 6.72 Å². The number of non-ortho nitro benzene ring substituents is 1. The van der Waals surface area contributed by atoms with Gasteiger partial charge in [0, 0.05) is 12.1 Å². The molecule has 0 radical (unpaired) electrons. The zero-order valence-electron chi connectivity index (χ0n) is 7.92. The van der Waals surface area contributed by atoms with Gasteiger partial charge < -0.3 is 4.52 Å². The van der Waals surface area contributed by atoms with Gasteiger partial charge in [0.1, 0.15) is 0 Å². The van der Waals surface area contributed by atoms with E-state index in [4.69, 9.17) is 15.8 Å². The molecule has 0 fully saturated rings. The number of hydrogen-bond acceptors (Lipinski definition) is 4. The smallest absolute Gasteiger partial charge is 0.315 e. The molecule has 15 heavy (non-hydrogen) atoms. The maximum atomic E-state index is 11.7. The van der Waals surface area contributed by atoms with Crippen molar-refractivity contribution in [1.29, 1.82) is 0 Å². The van der Waals surface area contributed by atoms with Crippen molar-refractivity contribution in [3.63, 3.8) is 0 Å². The van der Waals surface area contributed by atoms with Crippen molar-refractivity contribution < 1.29 is 14.0 Å². The van der Waals surface area contributed by atoms with E-state index in [1.807, 2.05) is 0 Å². The Morgan fingerprint density at radius 2 is 2.00 bits per heavy atom. The fourth-order valence-electron chi connectivity index (χ4n) is 0.993. The molecule has 5 nitrogen and oxygen atoms in total. The lowest BCUT2D eigenvalue weighted by Gasteiger charge is -2.09.